The van der Waals surface area contributed by atoms with E-state index in [1.54, 1.807) is 0 Å². The number of anilines is 1. The van der Waals surface area contributed by atoms with Crippen LogP contribution in [0.3, 0.4) is 0 Å². The zero-order chi connectivity index (χ0) is 17.9. The quantitative estimate of drug-likeness (QED) is 0.738. The third kappa shape index (κ3) is 3.57. The van der Waals surface area contributed by atoms with Gasteiger partial charge in [0.25, 0.3) is 0 Å². The van der Waals surface area contributed by atoms with Crippen LogP contribution in [0.25, 0.3) is 11.3 Å². The lowest BCUT2D eigenvalue weighted by atomic mass is 10.0. The Labute approximate surface area is 157 Å². The molecule has 2 aromatic heterocycles. The maximum absolute atomic E-state index is 5.99. The minimum Gasteiger partial charge on any atom is -0.360 e. The van der Waals surface area contributed by atoms with E-state index < -0.39 is 0 Å². The molecule has 3 aromatic rings. The number of hydrogen-bond acceptors (Lipinski definition) is 6. The molecule has 1 aliphatic rings. The molecule has 7 heteroatoms. The molecule has 4 rings (SSSR count). The largest absolute Gasteiger partial charge is 0.360 e. The Morgan fingerprint density at radius 1 is 1.19 bits per heavy atom. The first-order valence-electron chi connectivity index (χ1n) is 8.73. The molecule has 0 aliphatic carbocycles. The van der Waals surface area contributed by atoms with Gasteiger partial charge in [-0.05, 0) is 19.1 Å². The van der Waals surface area contributed by atoms with Crippen LogP contribution in [0, 0.1) is 0 Å². The van der Waals surface area contributed by atoms with Gasteiger partial charge in [-0.25, -0.2) is 9.97 Å². The van der Waals surface area contributed by atoms with E-state index in [-0.39, 0.29) is 0 Å². The summed E-state index contributed by atoms with van der Waals surface area (Å²) in [6.07, 6.45) is 4.62. The lowest BCUT2D eigenvalue weighted by Crippen LogP contribution is -2.29. The molecule has 134 valence electrons. The Hall–Kier alpha value is -2.44. The van der Waals surface area contributed by atoms with Crippen LogP contribution in [0.2, 0.25) is 5.02 Å². The van der Waals surface area contributed by atoms with Crippen molar-refractivity contribution in [2.75, 3.05) is 18.4 Å². The zero-order valence-electron chi connectivity index (χ0n) is 14.6. The summed E-state index contributed by atoms with van der Waals surface area (Å²) in [6, 6.07) is 7.71. The van der Waals surface area contributed by atoms with Crippen molar-refractivity contribution in [3.63, 3.8) is 0 Å². The van der Waals surface area contributed by atoms with Gasteiger partial charge in [-0.3, -0.25) is 4.90 Å². The Morgan fingerprint density at radius 2 is 1.96 bits per heavy atom. The van der Waals surface area contributed by atoms with Gasteiger partial charge in [0, 0.05) is 66.7 Å². The summed E-state index contributed by atoms with van der Waals surface area (Å²) in [5.41, 5.74) is 4.18. The summed E-state index contributed by atoms with van der Waals surface area (Å²) in [5, 5.41) is 8.12. The summed E-state index contributed by atoms with van der Waals surface area (Å²) in [5.74, 6) is 1.64. The van der Waals surface area contributed by atoms with E-state index in [2.05, 4.69) is 25.3 Å². The molecule has 0 radical (unpaired) electrons. The van der Waals surface area contributed by atoms with Gasteiger partial charge in [0.15, 0.2) is 0 Å². The van der Waals surface area contributed by atoms with Gasteiger partial charge in [0.05, 0.1) is 0 Å². The molecule has 26 heavy (non-hydrogen) atoms. The first kappa shape index (κ1) is 17.0. The van der Waals surface area contributed by atoms with Crippen molar-refractivity contribution < 1.29 is 4.52 Å². The maximum Gasteiger partial charge on any atom is 0.222 e. The summed E-state index contributed by atoms with van der Waals surface area (Å²) >= 11 is 5.99. The summed E-state index contributed by atoms with van der Waals surface area (Å²) in [4.78, 5) is 11.1. The molecule has 6 nitrogen and oxygen atoms in total. The average Bonchev–Trinajstić information content (AvgIpc) is 3.07. The molecule has 0 unspecified atom stereocenters. The minimum absolute atomic E-state index is 0.668. The molecular weight excluding hydrogens is 350 g/mol. The van der Waals surface area contributed by atoms with Gasteiger partial charge in [0.2, 0.25) is 5.95 Å². The topological polar surface area (TPSA) is 67.1 Å². The second-order valence-corrected chi connectivity index (χ2v) is 6.78. The Morgan fingerprint density at radius 3 is 2.69 bits per heavy atom. The highest BCUT2D eigenvalue weighted by molar-refractivity contribution is 6.30. The first-order valence-corrected chi connectivity index (χ1v) is 9.11. The summed E-state index contributed by atoms with van der Waals surface area (Å²) in [6.45, 7) is 5.37. The number of benzene rings is 1. The second kappa shape index (κ2) is 7.43. The Bertz CT molecular complexity index is 876. The predicted octanol–water partition coefficient (Wildman–Crippen LogP) is 3.78. The third-order valence-corrected chi connectivity index (χ3v) is 4.72. The van der Waals surface area contributed by atoms with Gasteiger partial charge in [0.1, 0.15) is 11.5 Å². The SMILES string of the molecule is CCNc1ncc(CN2CCc3onc(-c4ccc(Cl)cc4)c3C2)cn1. The van der Waals surface area contributed by atoms with Crippen molar-refractivity contribution in [1.82, 2.24) is 20.0 Å². The smallest absolute Gasteiger partial charge is 0.222 e. The number of rotatable bonds is 5. The highest BCUT2D eigenvalue weighted by Gasteiger charge is 2.25. The first-order chi connectivity index (χ1) is 12.7. The minimum atomic E-state index is 0.668. The number of aromatic nitrogens is 3. The molecule has 1 aliphatic heterocycles. The fraction of sp³-hybridized carbons (Fsp3) is 0.316. The molecule has 1 N–H and O–H groups in total. The fourth-order valence-electron chi connectivity index (χ4n) is 3.18. The lowest BCUT2D eigenvalue weighted by molar-refractivity contribution is 0.228. The molecular formula is C19H20ClN5O. The summed E-state index contributed by atoms with van der Waals surface area (Å²) < 4.78 is 5.57. The van der Waals surface area contributed by atoms with Gasteiger partial charge in [-0.15, -0.1) is 0 Å². The van der Waals surface area contributed by atoms with Crippen LogP contribution in [-0.4, -0.2) is 33.1 Å². The number of nitrogens with zero attached hydrogens (tertiary/aromatic N) is 4. The van der Waals surface area contributed by atoms with Gasteiger partial charge in [-0.1, -0.05) is 28.9 Å². The molecule has 0 fully saturated rings. The Kier molecular flexibility index (Phi) is 4.86. The number of halogens is 1. The van der Waals surface area contributed by atoms with Crippen LogP contribution < -0.4 is 5.32 Å². The van der Waals surface area contributed by atoms with Crippen molar-refractivity contribution in [3.8, 4) is 11.3 Å². The molecule has 3 heterocycles. The highest BCUT2D eigenvalue weighted by Crippen LogP contribution is 2.31. The van der Waals surface area contributed by atoms with Crippen LogP contribution in [0.1, 0.15) is 23.8 Å². The average molecular weight is 370 g/mol. The van der Waals surface area contributed by atoms with Crippen LogP contribution in [-0.2, 0) is 19.5 Å². The van der Waals surface area contributed by atoms with Crippen molar-refractivity contribution in [1.29, 1.82) is 0 Å². The van der Waals surface area contributed by atoms with Crippen LogP contribution >= 0.6 is 11.6 Å². The number of nitrogens with one attached hydrogen (secondary N) is 1. The monoisotopic (exact) mass is 369 g/mol. The van der Waals surface area contributed by atoms with Crippen molar-refractivity contribution >= 4 is 17.5 Å². The molecule has 0 saturated carbocycles. The molecule has 0 spiro atoms. The van der Waals surface area contributed by atoms with Crippen LogP contribution in [0.15, 0.2) is 41.2 Å². The van der Waals surface area contributed by atoms with E-state index in [1.165, 1.54) is 0 Å². The van der Waals surface area contributed by atoms with Crippen LogP contribution in [0.4, 0.5) is 5.95 Å². The molecule has 1 aromatic carbocycles. The normalized spacial score (nSPS) is 14.2. The number of fused-ring (bicyclic) bond motifs is 1. The fourth-order valence-corrected chi connectivity index (χ4v) is 3.30. The summed E-state index contributed by atoms with van der Waals surface area (Å²) in [7, 11) is 0. The maximum atomic E-state index is 5.99. The van der Waals surface area contributed by atoms with Gasteiger partial charge >= 0.3 is 0 Å². The van der Waals surface area contributed by atoms with Gasteiger partial charge < -0.3 is 9.84 Å². The molecule has 0 bridgehead atoms. The van der Waals surface area contributed by atoms with E-state index in [0.29, 0.717) is 11.0 Å². The van der Waals surface area contributed by atoms with Crippen molar-refractivity contribution in [2.24, 2.45) is 0 Å². The van der Waals surface area contributed by atoms with Gasteiger partial charge in [-0.2, -0.15) is 0 Å². The molecule has 0 atom stereocenters. The van der Waals surface area contributed by atoms with Crippen molar-refractivity contribution in [3.05, 3.63) is 58.6 Å². The van der Waals surface area contributed by atoms with E-state index in [9.17, 15) is 0 Å². The lowest BCUT2D eigenvalue weighted by Gasteiger charge is -2.25. The Balaban J connectivity index is 1.50. The van der Waals surface area contributed by atoms with Crippen molar-refractivity contribution in [2.45, 2.75) is 26.4 Å². The zero-order valence-corrected chi connectivity index (χ0v) is 15.3. The molecule has 0 amide bonds. The van der Waals surface area contributed by atoms with E-state index in [4.69, 9.17) is 16.1 Å². The predicted molar refractivity (Wildman–Crippen MR) is 101 cm³/mol. The standard InChI is InChI=1S/C19H20ClN5O/c1-2-21-19-22-9-13(10-23-19)11-25-8-7-17-16(12-25)18(24-26-17)14-3-5-15(20)6-4-14/h3-6,9-10H,2,7-8,11-12H2,1H3,(H,21,22,23). The van der Waals surface area contributed by atoms with Crippen LogP contribution in [0.5, 0.6) is 0 Å². The van der Waals surface area contributed by atoms with E-state index in [0.717, 1.165) is 60.7 Å². The van der Waals surface area contributed by atoms with E-state index >= 15 is 0 Å². The number of hydrogen-bond donors (Lipinski definition) is 1. The third-order valence-electron chi connectivity index (χ3n) is 4.47. The van der Waals surface area contributed by atoms with E-state index in [1.807, 2.05) is 43.6 Å². The second-order valence-electron chi connectivity index (χ2n) is 6.35. The molecule has 0 saturated heterocycles. The highest BCUT2D eigenvalue weighted by atomic mass is 35.5.